The normalized spacial score (nSPS) is 21.3. The van der Waals surface area contributed by atoms with Crippen molar-refractivity contribution in [3.63, 3.8) is 0 Å². The van der Waals surface area contributed by atoms with E-state index in [0.29, 0.717) is 29.3 Å². The van der Waals surface area contributed by atoms with E-state index >= 15 is 0 Å². The lowest BCUT2D eigenvalue weighted by Crippen LogP contribution is -2.56. The van der Waals surface area contributed by atoms with Gasteiger partial charge in [-0.05, 0) is 44.2 Å². The summed E-state index contributed by atoms with van der Waals surface area (Å²) in [6.07, 6.45) is 1.25. The van der Waals surface area contributed by atoms with Gasteiger partial charge in [-0.1, -0.05) is 31.2 Å². The van der Waals surface area contributed by atoms with Crippen molar-refractivity contribution in [1.29, 1.82) is 0 Å². The maximum absolute atomic E-state index is 12.5. The van der Waals surface area contributed by atoms with E-state index in [4.69, 9.17) is 0 Å². The van der Waals surface area contributed by atoms with Gasteiger partial charge in [-0.15, -0.1) is 5.10 Å². The zero-order valence-electron chi connectivity index (χ0n) is 16.6. The molecule has 0 saturated carbocycles. The van der Waals surface area contributed by atoms with Gasteiger partial charge in [-0.2, -0.15) is 0 Å². The molecule has 7 heteroatoms. The summed E-state index contributed by atoms with van der Waals surface area (Å²) in [5.74, 6) is 1.10. The van der Waals surface area contributed by atoms with E-state index in [-0.39, 0.29) is 23.6 Å². The molecule has 1 amide bonds. The molecular formula is C20H29N5O2. The molecule has 0 spiro atoms. The van der Waals surface area contributed by atoms with Crippen molar-refractivity contribution < 1.29 is 4.79 Å². The van der Waals surface area contributed by atoms with Crippen LogP contribution in [0.3, 0.4) is 0 Å². The minimum Gasteiger partial charge on any atom is -0.353 e. The van der Waals surface area contributed by atoms with Crippen LogP contribution < -0.4 is 10.9 Å². The molecule has 1 fully saturated rings. The van der Waals surface area contributed by atoms with Crippen molar-refractivity contribution in [3.8, 4) is 0 Å². The summed E-state index contributed by atoms with van der Waals surface area (Å²) in [6, 6.07) is 7.01. The molecule has 1 aliphatic rings. The summed E-state index contributed by atoms with van der Waals surface area (Å²) >= 11 is 0. The second-order valence-corrected chi connectivity index (χ2v) is 8.51. The molecule has 7 nitrogen and oxygen atoms in total. The number of hydrogen-bond acceptors (Lipinski definition) is 5. The van der Waals surface area contributed by atoms with Crippen LogP contribution in [0.25, 0.3) is 10.9 Å². The van der Waals surface area contributed by atoms with Crippen molar-refractivity contribution in [2.75, 3.05) is 19.6 Å². The first kappa shape index (κ1) is 19.5. The summed E-state index contributed by atoms with van der Waals surface area (Å²) in [7, 11) is 0. The SMILES string of the molecule is CC1CC(C)CN(C(C)(C)CNC(=O)Cn2nnc3ccccc3c2=O)C1. The number of amides is 1. The third-order valence-electron chi connectivity index (χ3n) is 5.37. The van der Waals surface area contributed by atoms with Crippen molar-refractivity contribution in [2.24, 2.45) is 11.8 Å². The first-order valence-electron chi connectivity index (χ1n) is 9.60. The van der Waals surface area contributed by atoms with Gasteiger partial charge in [0.05, 0.1) is 5.39 Å². The van der Waals surface area contributed by atoms with Crippen LogP contribution in [0.15, 0.2) is 29.1 Å². The molecule has 3 rings (SSSR count). The second kappa shape index (κ2) is 7.76. The molecule has 1 aromatic carbocycles. The molecule has 146 valence electrons. The van der Waals surface area contributed by atoms with Gasteiger partial charge in [-0.25, -0.2) is 4.68 Å². The Morgan fingerprint density at radius 2 is 1.89 bits per heavy atom. The maximum Gasteiger partial charge on any atom is 0.278 e. The van der Waals surface area contributed by atoms with Gasteiger partial charge in [0.25, 0.3) is 5.56 Å². The van der Waals surface area contributed by atoms with Crippen molar-refractivity contribution in [3.05, 3.63) is 34.6 Å². The number of rotatable bonds is 5. The minimum atomic E-state index is -0.298. The fourth-order valence-electron chi connectivity index (χ4n) is 3.90. The van der Waals surface area contributed by atoms with Crippen LogP contribution in [0.2, 0.25) is 0 Å². The average Bonchev–Trinajstić information content (AvgIpc) is 2.62. The number of carbonyl (C=O) groups excluding carboxylic acids is 1. The summed E-state index contributed by atoms with van der Waals surface area (Å²) in [6.45, 7) is 11.4. The molecule has 1 aliphatic heterocycles. The van der Waals surface area contributed by atoms with Crippen molar-refractivity contribution in [2.45, 2.75) is 46.2 Å². The summed E-state index contributed by atoms with van der Waals surface area (Å²) < 4.78 is 1.12. The Hall–Kier alpha value is -2.28. The zero-order valence-corrected chi connectivity index (χ0v) is 16.6. The van der Waals surface area contributed by atoms with Crippen molar-refractivity contribution >= 4 is 16.8 Å². The van der Waals surface area contributed by atoms with E-state index in [1.807, 2.05) is 0 Å². The predicted molar refractivity (Wildman–Crippen MR) is 105 cm³/mol. The van der Waals surface area contributed by atoms with Crippen LogP contribution in [0.4, 0.5) is 0 Å². The maximum atomic E-state index is 12.5. The number of carbonyl (C=O) groups is 1. The number of likely N-dealkylation sites (tertiary alicyclic amines) is 1. The molecule has 1 saturated heterocycles. The molecule has 2 atom stereocenters. The highest BCUT2D eigenvalue weighted by Crippen LogP contribution is 2.26. The Morgan fingerprint density at radius 3 is 2.59 bits per heavy atom. The van der Waals surface area contributed by atoms with E-state index < -0.39 is 0 Å². The lowest BCUT2D eigenvalue weighted by atomic mass is 9.88. The quantitative estimate of drug-likeness (QED) is 0.865. The topological polar surface area (TPSA) is 80.1 Å². The third-order valence-corrected chi connectivity index (χ3v) is 5.37. The molecule has 0 aliphatic carbocycles. The van der Waals surface area contributed by atoms with Gasteiger partial charge < -0.3 is 5.32 Å². The zero-order chi connectivity index (χ0) is 19.6. The Bertz CT molecular complexity index is 866. The molecule has 27 heavy (non-hydrogen) atoms. The van der Waals surface area contributed by atoms with Gasteiger partial charge in [0, 0.05) is 25.2 Å². The third kappa shape index (κ3) is 4.53. The Kier molecular flexibility index (Phi) is 5.60. The molecule has 0 bridgehead atoms. The van der Waals surface area contributed by atoms with Crippen LogP contribution in [-0.4, -0.2) is 51.0 Å². The largest absolute Gasteiger partial charge is 0.353 e. The van der Waals surface area contributed by atoms with Crippen LogP contribution in [0, 0.1) is 11.8 Å². The Balaban J connectivity index is 1.62. The average molecular weight is 371 g/mol. The van der Waals surface area contributed by atoms with Crippen LogP contribution >= 0.6 is 0 Å². The fourth-order valence-corrected chi connectivity index (χ4v) is 3.90. The van der Waals surface area contributed by atoms with E-state index in [9.17, 15) is 9.59 Å². The number of hydrogen-bond donors (Lipinski definition) is 1. The molecule has 2 unspecified atom stereocenters. The van der Waals surface area contributed by atoms with Gasteiger partial charge in [0.2, 0.25) is 5.91 Å². The minimum absolute atomic E-state index is 0.125. The first-order valence-corrected chi connectivity index (χ1v) is 9.60. The highest BCUT2D eigenvalue weighted by Gasteiger charge is 2.32. The number of fused-ring (bicyclic) bond motifs is 1. The van der Waals surface area contributed by atoms with Gasteiger partial charge in [0.15, 0.2) is 0 Å². The number of piperidine rings is 1. The lowest BCUT2D eigenvalue weighted by molar-refractivity contribution is -0.122. The van der Waals surface area contributed by atoms with E-state index in [1.54, 1.807) is 24.3 Å². The molecule has 2 heterocycles. The highest BCUT2D eigenvalue weighted by molar-refractivity contribution is 5.78. The van der Waals surface area contributed by atoms with E-state index in [2.05, 4.69) is 48.2 Å². The van der Waals surface area contributed by atoms with Gasteiger partial charge in [-0.3, -0.25) is 14.5 Å². The standard InChI is InChI=1S/C20H29N5O2/c1-14-9-15(2)11-24(10-14)20(3,4)13-21-18(26)12-25-19(27)16-7-5-6-8-17(16)22-23-25/h5-8,14-15H,9-13H2,1-4H3,(H,21,26). The van der Waals surface area contributed by atoms with E-state index in [1.165, 1.54) is 6.42 Å². The van der Waals surface area contributed by atoms with Crippen LogP contribution in [-0.2, 0) is 11.3 Å². The number of nitrogens with zero attached hydrogens (tertiary/aromatic N) is 4. The fraction of sp³-hybridized carbons (Fsp3) is 0.600. The molecule has 0 radical (unpaired) electrons. The smallest absolute Gasteiger partial charge is 0.278 e. The van der Waals surface area contributed by atoms with Crippen LogP contribution in [0.1, 0.15) is 34.1 Å². The number of aromatic nitrogens is 3. The highest BCUT2D eigenvalue weighted by atomic mass is 16.2. The van der Waals surface area contributed by atoms with Crippen molar-refractivity contribution in [1.82, 2.24) is 25.2 Å². The van der Waals surface area contributed by atoms with Gasteiger partial charge >= 0.3 is 0 Å². The first-order chi connectivity index (χ1) is 12.8. The number of nitrogens with one attached hydrogen (secondary N) is 1. The Labute approximate surface area is 159 Å². The second-order valence-electron chi connectivity index (χ2n) is 8.51. The molecular weight excluding hydrogens is 342 g/mol. The monoisotopic (exact) mass is 371 g/mol. The molecule has 2 aromatic rings. The lowest BCUT2D eigenvalue weighted by Gasteiger charge is -2.45. The van der Waals surface area contributed by atoms with Gasteiger partial charge in [0.1, 0.15) is 12.1 Å². The summed E-state index contributed by atoms with van der Waals surface area (Å²) in [5.41, 5.74) is 0.0980. The molecule has 1 N–H and O–H groups in total. The summed E-state index contributed by atoms with van der Waals surface area (Å²) in [5, 5.41) is 11.3. The number of benzene rings is 1. The predicted octanol–water partition coefficient (Wildman–Crippen LogP) is 1.66. The summed E-state index contributed by atoms with van der Waals surface area (Å²) in [4.78, 5) is 27.3. The molecule has 1 aromatic heterocycles. The Morgan fingerprint density at radius 1 is 1.22 bits per heavy atom. The van der Waals surface area contributed by atoms with E-state index in [0.717, 1.165) is 17.8 Å². The van der Waals surface area contributed by atoms with Crippen LogP contribution in [0.5, 0.6) is 0 Å².